The lowest BCUT2D eigenvalue weighted by Gasteiger charge is -2.16. The van der Waals surface area contributed by atoms with Gasteiger partial charge in [-0.25, -0.2) is 4.98 Å². The topological polar surface area (TPSA) is 56.3 Å². The van der Waals surface area contributed by atoms with Crippen molar-refractivity contribution in [3.63, 3.8) is 0 Å². The maximum absolute atomic E-state index is 12.7. The highest BCUT2D eigenvalue weighted by atomic mass is 35.5. The zero-order chi connectivity index (χ0) is 14.0. The zero-order valence-electron chi connectivity index (χ0n) is 11.0. The Balaban J connectivity index is 1.77. The Morgan fingerprint density at radius 1 is 1.20 bits per heavy atom. The van der Waals surface area contributed by atoms with Gasteiger partial charge in [0.2, 0.25) is 0 Å². The van der Waals surface area contributed by atoms with Crippen LogP contribution in [0.1, 0.15) is 29.9 Å². The number of ketones is 2. The average Bonchev–Trinajstić information content (AvgIpc) is 3.06. The smallest absolute Gasteiger partial charge is 0.154 e. The van der Waals surface area contributed by atoms with Gasteiger partial charge in [0, 0.05) is 6.20 Å². The summed E-state index contributed by atoms with van der Waals surface area (Å²) < 4.78 is 5.74. The number of carbonyl (C=O) groups excluding carboxylic acids is 2. The number of halogens is 1. The molecular formula is C15H14ClNO3. The van der Waals surface area contributed by atoms with Gasteiger partial charge >= 0.3 is 0 Å². The predicted octanol–water partition coefficient (Wildman–Crippen LogP) is 2.07. The zero-order valence-corrected chi connectivity index (χ0v) is 11.8. The predicted molar refractivity (Wildman–Crippen MR) is 71.6 cm³/mol. The molecule has 5 atom stereocenters. The molecule has 4 nitrogen and oxygen atoms in total. The fraction of sp³-hybridized carbons (Fsp3) is 0.533. The number of aromatic nitrogens is 1. The normalized spacial score (nSPS) is 38.6. The number of ether oxygens (including phenoxy) is 1. The lowest BCUT2D eigenvalue weighted by Crippen LogP contribution is -2.29. The first-order valence-corrected chi connectivity index (χ1v) is 7.30. The van der Waals surface area contributed by atoms with Crippen LogP contribution >= 0.6 is 11.6 Å². The minimum Gasteiger partial charge on any atom is -0.373 e. The van der Waals surface area contributed by atoms with Crippen molar-refractivity contribution in [2.24, 2.45) is 11.8 Å². The Bertz CT molecular complexity index is 602. The number of pyridine rings is 1. The number of carbonyl (C=O) groups is 2. The third kappa shape index (κ3) is 1.49. The van der Waals surface area contributed by atoms with Crippen molar-refractivity contribution in [1.82, 2.24) is 4.98 Å². The lowest BCUT2D eigenvalue weighted by atomic mass is 9.81. The van der Waals surface area contributed by atoms with Gasteiger partial charge in [0.15, 0.2) is 11.6 Å². The number of Topliss-reactive ketones (excluding diaryl/α,β-unsaturated/α-hetero) is 2. The molecule has 2 bridgehead atoms. The summed E-state index contributed by atoms with van der Waals surface area (Å²) in [6.07, 6.45) is 3.27. The molecule has 0 N–H and O–H groups in total. The van der Waals surface area contributed by atoms with Gasteiger partial charge in [-0.05, 0) is 37.0 Å². The van der Waals surface area contributed by atoms with E-state index in [0.29, 0.717) is 10.7 Å². The van der Waals surface area contributed by atoms with Gasteiger partial charge in [0.1, 0.15) is 11.1 Å². The monoisotopic (exact) mass is 291 g/mol. The van der Waals surface area contributed by atoms with E-state index in [1.54, 1.807) is 12.3 Å². The Kier molecular flexibility index (Phi) is 2.57. The minimum atomic E-state index is -0.665. The van der Waals surface area contributed by atoms with Gasteiger partial charge in [-0.3, -0.25) is 9.59 Å². The molecule has 0 aromatic carbocycles. The van der Waals surface area contributed by atoms with Crippen molar-refractivity contribution >= 4 is 23.2 Å². The molecule has 0 spiro atoms. The first-order valence-electron chi connectivity index (χ1n) is 6.93. The number of hydrogen-bond donors (Lipinski definition) is 0. The average molecular weight is 292 g/mol. The molecule has 1 aromatic heterocycles. The minimum absolute atomic E-state index is 0.0134. The molecule has 3 heterocycles. The highest BCUT2D eigenvalue weighted by molar-refractivity contribution is 6.29. The van der Waals surface area contributed by atoms with Crippen LogP contribution in [-0.4, -0.2) is 28.8 Å². The van der Waals surface area contributed by atoms with Gasteiger partial charge in [-0.15, -0.1) is 0 Å². The summed E-state index contributed by atoms with van der Waals surface area (Å²) in [4.78, 5) is 29.4. The lowest BCUT2D eigenvalue weighted by molar-refractivity contribution is -0.127. The molecule has 5 heteroatoms. The molecule has 1 aliphatic carbocycles. The SMILES string of the molecule is Cc1cc(Cl)ncc1C1C(=O)[C@@H]2[C@H](C1=O)[C@@H]1CC[C@H]2O1. The Morgan fingerprint density at radius 3 is 2.35 bits per heavy atom. The summed E-state index contributed by atoms with van der Waals surface area (Å²) in [6, 6.07) is 1.71. The van der Waals surface area contributed by atoms with Crippen LogP contribution in [0.3, 0.4) is 0 Å². The van der Waals surface area contributed by atoms with Crippen molar-refractivity contribution in [1.29, 1.82) is 0 Å². The third-order valence-corrected chi connectivity index (χ3v) is 5.13. The molecule has 4 rings (SSSR count). The van der Waals surface area contributed by atoms with Crippen LogP contribution in [0.2, 0.25) is 5.15 Å². The van der Waals surface area contributed by atoms with Crippen molar-refractivity contribution in [2.75, 3.05) is 0 Å². The van der Waals surface area contributed by atoms with E-state index in [9.17, 15) is 9.59 Å². The molecular weight excluding hydrogens is 278 g/mol. The van der Waals surface area contributed by atoms with E-state index < -0.39 is 5.92 Å². The summed E-state index contributed by atoms with van der Waals surface area (Å²) in [6.45, 7) is 1.86. The molecule has 0 amide bonds. The number of aryl methyl sites for hydroxylation is 1. The molecule has 2 aliphatic heterocycles. The highest BCUT2D eigenvalue weighted by Crippen LogP contribution is 2.52. The largest absolute Gasteiger partial charge is 0.373 e. The summed E-state index contributed by atoms with van der Waals surface area (Å²) in [5.41, 5.74) is 1.56. The Morgan fingerprint density at radius 2 is 1.80 bits per heavy atom. The van der Waals surface area contributed by atoms with Gasteiger partial charge < -0.3 is 4.74 Å². The molecule has 0 radical (unpaired) electrons. The van der Waals surface area contributed by atoms with Crippen LogP contribution in [0.4, 0.5) is 0 Å². The molecule has 104 valence electrons. The first-order chi connectivity index (χ1) is 9.58. The van der Waals surface area contributed by atoms with Gasteiger partial charge in [-0.2, -0.15) is 0 Å². The third-order valence-electron chi connectivity index (χ3n) is 4.93. The summed E-state index contributed by atoms with van der Waals surface area (Å²) in [5.74, 6) is -1.11. The second-order valence-corrected chi connectivity index (χ2v) is 6.33. The number of nitrogens with zero attached hydrogens (tertiary/aromatic N) is 1. The van der Waals surface area contributed by atoms with E-state index in [2.05, 4.69) is 4.98 Å². The number of hydrogen-bond acceptors (Lipinski definition) is 4. The molecule has 2 saturated heterocycles. The van der Waals surface area contributed by atoms with Crippen molar-refractivity contribution in [3.05, 3.63) is 28.5 Å². The van der Waals surface area contributed by atoms with Crippen LogP contribution in [0.15, 0.2) is 12.3 Å². The van der Waals surface area contributed by atoms with Crippen molar-refractivity contribution < 1.29 is 14.3 Å². The second kappa shape index (κ2) is 4.12. The molecule has 3 fully saturated rings. The summed E-state index contributed by atoms with van der Waals surface area (Å²) in [7, 11) is 0. The van der Waals surface area contributed by atoms with Gasteiger partial charge in [-0.1, -0.05) is 11.6 Å². The van der Waals surface area contributed by atoms with E-state index in [1.807, 2.05) is 6.92 Å². The van der Waals surface area contributed by atoms with E-state index in [4.69, 9.17) is 16.3 Å². The van der Waals surface area contributed by atoms with Crippen LogP contribution in [0.25, 0.3) is 0 Å². The Labute approximate surface area is 121 Å². The van der Waals surface area contributed by atoms with E-state index in [1.165, 1.54) is 0 Å². The molecule has 1 unspecified atom stereocenters. The van der Waals surface area contributed by atoms with Crippen LogP contribution in [0.5, 0.6) is 0 Å². The fourth-order valence-corrected chi connectivity index (χ4v) is 4.28. The van der Waals surface area contributed by atoms with Crippen molar-refractivity contribution in [2.45, 2.75) is 37.9 Å². The van der Waals surface area contributed by atoms with E-state index in [0.717, 1.165) is 18.4 Å². The summed E-state index contributed by atoms with van der Waals surface area (Å²) in [5, 5.41) is 0.382. The summed E-state index contributed by atoms with van der Waals surface area (Å²) >= 11 is 5.85. The van der Waals surface area contributed by atoms with Gasteiger partial charge in [0.05, 0.1) is 24.0 Å². The van der Waals surface area contributed by atoms with Gasteiger partial charge in [0.25, 0.3) is 0 Å². The highest BCUT2D eigenvalue weighted by Gasteiger charge is 2.63. The van der Waals surface area contributed by atoms with Crippen LogP contribution in [-0.2, 0) is 14.3 Å². The first kappa shape index (κ1) is 12.5. The maximum atomic E-state index is 12.7. The number of rotatable bonds is 1. The van der Waals surface area contributed by atoms with Crippen LogP contribution < -0.4 is 0 Å². The second-order valence-electron chi connectivity index (χ2n) is 5.94. The maximum Gasteiger partial charge on any atom is 0.154 e. The molecule has 3 aliphatic rings. The molecule has 1 aromatic rings. The fourth-order valence-electron chi connectivity index (χ4n) is 4.07. The standard InChI is InChI=1S/C15H14ClNO3/c1-6-4-10(16)17-5-7(6)11-14(18)12-8-2-3-9(20-8)13(12)15(11)19/h4-5,8-9,11-13H,2-3H2,1H3/t8-,9+,11?,12+,13-. The van der Waals surface area contributed by atoms with Crippen molar-refractivity contribution in [3.8, 4) is 0 Å². The quantitative estimate of drug-likeness (QED) is 0.587. The Hall–Kier alpha value is -1.26. The molecule has 1 saturated carbocycles. The van der Waals surface area contributed by atoms with E-state index in [-0.39, 0.29) is 35.6 Å². The van der Waals surface area contributed by atoms with Crippen LogP contribution in [0, 0.1) is 18.8 Å². The molecule has 20 heavy (non-hydrogen) atoms. The van der Waals surface area contributed by atoms with E-state index >= 15 is 0 Å². The number of fused-ring (bicyclic) bond motifs is 5.